The maximum absolute atomic E-state index is 13.6. The fourth-order valence-corrected chi connectivity index (χ4v) is 4.20. The monoisotopic (exact) mass is 390 g/mol. The number of carboxylic acids is 1. The molecule has 0 unspecified atom stereocenters. The molecule has 1 aromatic rings. The number of halogens is 1. The predicted octanol–water partition coefficient (Wildman–Crippen LogP) is 2.35. The van der Waals surface area contributed by atoms with Gasteiger partial charge in [0.2, 0.25) is 11.8 Å². The highest BCUT2D eigenvalue weighted by atomic mass is 19.1. The first kappa shape index (κ1) is 20.3. The maximum atomic E-state index is 13.6. The van der Waals surface area contributed by atoms with E-state index in [4.69, 9.17) is 0 Å². The Balaban J connectivity index is 1.48. The molecule has 1 saturated carbocycles. The standard InChI is InChI=1S/C21H27FN2O4/c1-12-4-5-13(10-15(12)22)11-23-18(25)14-6-8-24(9-7-14)19(26)16-17(20(27)28)21(16,2)3/h4-5,10,14,16-17H,6-9,11H2,1-3H3,(H,23,25)(H,27,28)/t16-,17+/m0/s1. The highest BCUT2D eigenvalue weighted by Gasteiger charge is 2.66. The number of piperidine rings is 1. The molecule has 0 radical (unpaired) electrons. The van der Waals surface area contributed by atoms with E-state index in [2.05, 4.69) is 5.32 Å². The van der Waals surface area contributed by atoms with Crippen LogP contribution in [0.15, 0.2) is 18.2 Å². The lowest BCUT2D eigenvalue weighted by Crippen LogP contribution is -2.44. The van der Waals surface area contributed by atoms with Gasteiger partial charge >= 0.3 is 5.97 Å². The molecule has 2 amide bonds. The summed E-state index contributed by atoms with van der Waals surface area (Å²) in [5.41, 5.74) is 0.760. The number of rotatable bonds is 5. The van der Waals surface area contributed by atoms with Gasteiger partial charge in [0, 0.05) is 25.6 Å². The molecular weight excluding hydrogens is 363 g/mol. The molecule has 2 N–H and O–H groups in total. The first-order valence-corrected chi connectivity index (χ1v) is 9.67. The summed E-state index contributed by atoms with van der Waals surface area (Å²) in [6.07, 6.45) is 1.09. The van der Waals surface area contributed by atoms with Crippen molar-refractivity contribution in [1.82, 2.24) is 10.2 Å². The van der Waals surface area contributed by atoms with Gasteiger partial charge in [-0.05, 0) is 42.4 Å². The molecule has 3 rings (SSSR count). The normalized spacial score (nSPS) is 23.9. The minimum atomic E-state index is -0.926. The number of hydrogen-bond acceptors (Lipinski definition) is 3. The van der Waals surface area contributed by atoms with Crippen molar-refractivity contribution in [2.75, 3.05) is 13.1 Å². The van der Waals surface area contributed by atoms with Crippen LogP contribution >= 0.6 is 0 Å². The molecule has 28 heavy (non-hydrogen) atoms. The van der Waals surface area contributed by atoms with Gasteiger partial charge in [0.1, 0.15) is 5.82 Å². The molecule has 2 fully saturated rings. The molecule has 2 aliphatic rings. The Labute approximate surface area is 164 Å². The molecule has 0 aromatic heterocycles. The van der Waals surface area contributed by atoms with Crippen molar-refractivity contribution in [2.45, 2.75) is 40.2 Å². The second-order valence-corrected chi connectivity index (χ2v) is 8.52. The van der Waals surface area contributed by atoms with E-state index in [9.17, 15) is 23.9 Å². The Bertz CT molecular complexity index is 800. The van der Waals surface area contributed by atoms with E-state index < -0.39 is 23.2 Å². The van der Waals surface area contributed by atoms with E-state index in [-0.39, 0.29) is 30.1 Å². The fourth-order valence-electron chi connectivity index (χ4n) is 4.20. The van der Waals surface area contributed by atoms with Crippen LogP contribution in [-0.4, -0.2) is 40.9 Å². The number of likely N-dealkylation sites (tertiary alicyclic amines) is 1. The van der Waals surface area contributed by atoms with Gasteiger partial charge in [-0.25, -0.2) is 4.39 Å². The molecule has 1 saturated heterocycles. The number of amides is 2. The molecule has 1 aromatic carbocycles. The highest BCUT2D eigenvalue weighted by Crippen LogP contribution is 2.59. The third kappa shape index (κ3) is 3.88. The van der Waals surface area contributed by atoms with Gasteiger partial charge in [-0.1, -0.05) is 26.0 Å². The zero-order valence-corrected chi connectivity index (χ0v) is 16.5. The topological polar surface area (TPSA) is 86.7 Å². The number of aliphatic carboxylic acids is 1. The van der Waals surface area contributed by atoms with Crippen molar-refractivity contribution >= 4 is 17.8 Å². The fraction of sp³-hybridized carbons (Fsp3) is 0.571. The van der Waals surface area contributed by atoms with Crippen molar-refractivity contribution in [3.8, 4) is 0 Å². The van der Waals surface area contributed by atoms with Gasteiger partial charge in [0.05, 0.1) is 11.8 Å². The summed E-state index contributed by atoms with van der Waals surface area (Å²) < 4.78 is 13.6. The number of carboxylic acid groups (broad SMARTS) is 1. The van der Waals surface area contributed by atoms with E-state index in [0.717, 1.165) is 0 Å². The molecule has 7 heteroatoms. The van der Waals surface area contributed by atoms with Crippen molar-refractivity contribution in [3.63, 3.8) is 0 Å². The zero-order valence-electron chi connectivity index (χ0n) is 16.5. The third-order valence-electron chi connectivity index (χ3n) is 6.24. The van der Waals surface area contributed by atoms with Crippen molar-refractivity contribution in [2.24, 2.45) is 23.2 Å². The van der Waals surface area contributed by atoms with Gasteiger partial charge in [-0.3, -0.25) is 14.4 Å². The summed E-state index contributed by atoms with van der Waals surface area (Å²) >= 11 is 0. The van der Waals surface area contributed by atoms with Gasteiger partial charge in [0.15, 0.2) is 0 Å². The lowest BCUT2D eigenvalue weighted by molar-refractivity contribution is -0.142. The average Bonchev–Trinajstić information content (AvgIpc) is 3.24. The van der Waals surface area contributed by atoms with Crippen LogP contribution in [0.1, 0.15) is 37.8 Å². The Morgan fingerprint density at radius 3 is 2.39 bits per heavy atom. The third-order valence-corrected chi connectivity index (χ3v) is 6.24. The number of carbonyl (C=O) groups excluding carboxylic acids is 2. The largest absolute Gasteiger partial charge is 0.481 e. The number of benzene rings is 1. The SMILES string of the molecule is Cc1ccc(CNC(=O)C2CCN(C(=O)[C@@H]3[C@H](C(=O)O)C3(C)C)CC2)cc1F. The number of nitrogens with zero attached hydrogens (tertiary/aromatic N) is 1. The Hall–Kier alpha value is -2.44. The first-order valence-electron chi connectivity index (χ1n) is 9.67. The quantitative estimate of drug-likeness (QED) is 0.808. The average molecular weight is 390 g/mol. The van der Waals surface area contributed by atoms with Gasteiger partial charge in [-0.15, -0.1) is 0 Å². The lowest BCUT2D eigenvalue weighted by atomic mass is 9.95. The van der Waals surface area contributed by atoms with E-state index in [1.54, 1.807) is 24.0 Å². The van der Waals surface area contributed by atoms with Crippen LogP contribution in [0.4, 0.5) is 4.39 Å². The minimum absolute atomic E-state index is 0.0942. The van der Waals surface area contributed by atoms with E-state index >= 15 is 0 Å². The Morgan fingerprint density at radius 1 is 1.21 bits per heavy atom. The molecule has 1 heterocycles. The minimum Gasteiger partial charge on any atom is -0.481 e. The highest BCUT2D eigenvalue weighted by molar-refractivity contribution is 5.92. The predicted molar refractivity (Wildman–Crippen MR) is 101 cm³/mol. The summed E-state index contributed by atoms with van der Waals surface area (Å²) in [5.74, 6) is -2.73. The van der Waals surface area contributed by atoms with E-state index in [1.807, 2.05) is 13.8 Å². The van der Waals surface area contributed by atoms with Crippen molar-refractivity contribution < 1.29 is 23.9 Å². The molecular formula is C21H27FN2O4. The molecule has 0 bridgehead atoms. The molecule has 1 aliphatic carbocycles. The molecule has 2 atom stereocenters. The van der Waals surface area contributed by atoms with Crippen LogP contribution in [0.5, 0.6) is 0 Å². The van der Waals surface area contributed by atoms with Crippen LogP contribution in [0.2, 0.25) is 0 Å². The summed E-state index contributed by atoms with van der Waals surface area (Å²) in [4.78, 5) is 38.1. The zero-order chi connectivity index (χ0) is 20.6. The molecule has 0 spiro atoms. The van der Waals surface area contributed by atoms with Crippen molar-refractivity contribution in [3.05, 3.63) is 35.1 Å². The lowest BCUT2D eigenvalue weighted by Gasteiger charge is -2.32. The Kier molecular flexibility index (Phi) is 5.46. The van der Waals surface area contributed by atoms with Crippen LogP contribution < -0.4 is 5.32 Å². The van der Waals surface area contributed by atoms with Crippen LogP contribution in [0, 0.1) is 35.9 Å². The smallest absolute Gasteiger partial charge is 0.307 e. The van der Waals surface area contributed by atoms with Crippen LogP contribution in [-0.2, 0) is 20.9 Å². The molecule has 1 aliphatic heterocycles. The number of aryl methyl sites for hydroxylation is 1. The molecule has 6 nitrogen and oxygen atoms in total. The van der Waals surface area contributed by atoms with Crippen molar-refractivity contribution in [1.29, 1.82) is 0 Å². The number of carbonyl (C=O) groups is 3. The number of hydrogen-bond donors (Lipinski definition) is 2. The maximum Gasteiger partial charge on any atom is 0.307 e. The Morgan fingerprint density at radius 2 is 1.86 bits per heavy atom. The van der Waals surface area contributed by atoms with Crippen LogP contribution in [0.25, 0.3) is 0 Å². The van der Waals surface area contributed by atoms with E-state index in [1.165, 1.54) is 6.07 Å². The number of nitrogens with one attached hydrogen (secondary N) is 1. The first-order chi connectivity index (χ1) is 13.1. The summed E-state index contributed by atoms with van der Waals surface area (Å²) in [5, 5.41) is 12.1. The second-order valence-electron chi connectivity index (χ2n) is 8.52. The second kappa shape index (κ2) is 7.53. The van der Waals surface area contributed by atoms with Crippen LogP contribution in [0.3, 0.4) is 0 Å². The van der Waals surface area contributed by atoms with Gasteiger partial charge in [-0.2, -0.15) is 0 Å². The van der Waals surface area contributed by atoms with Gasteiger partial charge < -0.3 is 15.3 Å². The summed E-state index contributed by atoms with van der Waals surface area (Å²) in [7, 11) is 0. The van der Waals surface area contributed by atoms with E-state index in [0.29, 0.717) is 37.1 Å². The molecule has 152 valence electrons. The summed E-state index contributed by atoms with van der Waals surface area (Å²) in [6.45, 7) is 6.48. The van der Waals surface area contributed by atoms with Gasteiger partial charge in [0.25, 0.3) is 0 Å². The summed E-state index contributed by atoms with van der Waals surface area (Å²) in [6, 6.07) is 4.90.